The summed E-state index contributed by atoms with van der Waals surface area (Å²) in [5, 5.41) is 0. The smallest absolute Gasteiger partial charge is 0.472 e. The molecule has 6 aromatic heterocycles. The van der Waals surface area contributed by atoms with Crippen molar-refractivity contribution in [1.82, 2.24) is 58.1 Å². The maximum atomic E-state index is 14.3. The Morgan fingerprint density at radius 1 is 0.463 bits per heavy atom. The summed E-state index contributed by atoms with van der Waals surface area (Å²) in [7, 11) is -21.7. The molecular formula is C61H70N14O29P4. The molecule has 0 radical (unpaired) electrons. The first-order valence-corrected chi connectivity index (χ1v) is 38.8. The number of nitrogen functional groups attached to an aromatic ring is 2. The van der Waals surface area contributed by atoms with E-state index in [1.165, 1.54) is 29.2 Å². The number of nitrogens with one attached hydrogen (secondary N) is 4. The molecule has 13 rings (SSSR count). The average Bonchev–Trinajstić information content (AvgIpc) is 1.64. The highest BCUT2D eigenvalue weighted by molar-refractivity contribution is 7.48. The van der Waals surface area contributed by atoms with Gasteiger partial charge in [-0.2, -0.15) is 9.97 Å². The second kappa shape index (κ2) is 32.0. The van der Waals surface area contributed by atoms with E-state index < -0.39 is 171 Å². The standard InChI is InChI=1S/C61H70N14O29P4/c1-31-20-72(60(80)70-54(31)76)46-17-39(42(97-46)25-91-22-35-13-14-36(92-23-33-9-5-3-6-10-33)37(15-35)93-24-34-11-7-4-8-12-34)102-106(85,86)95-27-44-40(18-47(98-44)73-21-32(2)55(77)71-61(73)81)103-108(89,90)96-28-45-41(19-49(100-45)75-30-65-51-53(75)67-59(63)69-57(51)79)104-107(87,88)94-26-43-38(101-105(82,83)84)16-48(99-43)74-29-64-50-52(74)66-58(62)68-56(50)78/h3-15,20-21,29-30,38-49H,16-19,22-28H2,1-2H3,(H,85,86)(H,87,88)(H,89,90)(H,70,76,80)(H,71,77,81)(H2,82,83,84)(H3,62,66,68,78)(H3,63,67,69,79)/t38-,39-,40-,41-,42+,43+,44+,45+,46+,47+,48+,49+/m0/s1. The molecule has 13 N–H and O–H groups in total. The van der Waals surface area contributed by atoms with Crippen molar-refractivity contribution in [3.05, 3.63) is 194 Å². The molecule has 9 aromatic rings. The number of aromatic amines is 4. The lowest BCUT2D eigenvalue weighted by Crippen LogP contribution is -2.33. The fourth-order valence-corrected chi connectivity index (χ4v) is 15.8. The van der Waals surface area contributed by atoms with Gasteiger partial charge in [-0.1, -0.05) is 66.7 Å². The van der Waals surface area contributed by atoms with Crippen molar-refractivity contribution in [2.75, 3.05) is 37.9 Å². The number of hydrogen-bond donors (Lipinski definition) is 11. The van der Waals surface area contributed by atoms with Crippen LogP contribution in [0.4, 0.5) is 11.9 Å². The molecule has 4 aliphatic heterocycles. The molecule has 0 aliphatic carbocycles. The van der Waals surface area contributed by atoms with Crippen LogP contribution < -0.4 is 54.6 Å². The number of fused-ring (bicyclic) bond motifs is 2. The highest BCUT2D eigenvalue weighted by Crippen LogP contribution is 2.54. The number of aryl methyl sites for hydroxylation is 2. The van der Waals surface area contributed by atoms with E-state index >= 15 is 0 Å². The van der Waals surface area contributed by atoms with Crippen molar-refractivity contribution in [3.63, 3.8) is 0 Å². The normalized spacial score (nSPS) is 24.8. The van der Waals surface area contributed by atoms with Gasteiger partial charge in [-0.15, -0.1) is 0 Å². The van der Waals surface area contributed by atoms with Crippen molar-refractivity contribution in [2.24, 2.45) is 0 Å². The highest BCUT2D eigenvalue weighted by Gasteiger charge is 2.49. The van der Waals surface area contributed by atoms with E-state index in [1.807, 2.05) is 60.7 Å². The van der Waals surface area contributed by atoms with Gasteiger partial charge in [0.25, 0.3) is 22.2 Å². The van der Waals surface area contributed by atoms with Crippen LogP contribution in [0.2, 0.25) is 0 Å². The molecule has 43 nitrogen and oxygen atoms in total. The van der Waals surface area contributed by atoms with E-state index in [2.05, 4.69) is 39.9 Å². The van der Waals surface area contributed by atoms with Gasteiger partial charge in [-0.3, -0.25) is 89.0 Å². The molecule has 0 spiro atoms. The van der Waals surface area contributed by atoms with E-state index in [9.17, 15) is 71.5 Å². The van der Waals surface area contributed by atoms with Crippen LogP contribution in [0, 0.1) is 13.8 Å². The van der Waals surface area contributed by atoms with E-state index in [4.69, 9.17) is 76.3 Å². The number of phosphoric acid groups is 4. The zero-order valence-corrected chi connectivity index (χ0v) is 60.2. The Hall–Kier alpha value is -8.84. The van der Waals surface area contributed by atoms with Crippen LogP contribution in [-0.4, -0.2) is 158 Å². The van der Waals surface area contributed by atoms with Crippen molar-refractivity contribution < 1.29 is 108 Å². The molecule has 108 heavy (non-hydrogen) atoms. The van der Waals surface area contributed by atoms with Crippen LogP contribution in [-0.2, 0) is 93.4 Å². The third-order valence-electron chi connectivity index (χ3n) is 17.5. The van der Waals surface area contributed by atoms with Crippen LogP contribution in [0.3, 0.4) is 0 Å². The number of nitrogens with two attached hydrogens (primary N) is 2. The fourth-order valence-electron chi connectivity index (χ4n) is 12.4. The Balaban J connectivity index is 0.707. The summed E-state index contributed by atoms with van der Waals surface area (Å²) >= 11 is 0. The summed E-state index contributed by atoms with van der Waals surface area (Å²) in [4.78, 5) is 156. The number of hydrogen-bond acceptors (Lipinski definition) is 30. The van der Waals surface area contributed by atoms with Crippen molar-refractivity contribution >= 4 is 65.5 Å². The molecule has 47 heteroatoms. The predicted molar refractivity (Wildman–Crippen MR) is 368 cm³/mol. The number of H-pyrrole nitrogens is 4. The van der Waals surface area contributed by atoms with Crippen LogP contribution in [0.15, 0.2) is 133 Å². The summed E-state index contributed by atoms with van der Waals surface area (Å²) in [6, 6.07) is 24.1. The quantitative estimate of drug-likeness (QED) is 0.0278. The highest BCUT2D eigenvalue weighted by atomic mass is 31.2. The van der Waals surface area contributed by atoms with Crippen molar-refractivity contribution in [1.29, 1.82) is 0 Å². The van der Waals surface area contributed by atoms with Gasteiger partial charge in [0.1, 0.15) is 87.0 Å². The summed E-state index contributed by atoms with van der Waals surface area (Å²) in [5.41, 5.74) is 8.56. The lowest BCUT2D eigenvalue weighted by molar-refractivity contribution is -0.0715. The van der Waals surface area contributed by atoms with E-state index in [0.29, 0.717) is 17.1 Å². The van der Waals surface area contributed by atoms with Crippen LogP contribution >= 0.6 is 31.3 Å². The number of anilines is 2. The lowest BCUT2D eigenvalue weighted by Gasteiger charge is -2.25. The van der Waals surface area contributed by atoms with E-state index in [0.717, 1.165) is 39.1 Å². The summed E-state index contributed by atoms with van der Waals surface area (Å²) in [5.74, 6) is 0.151. The molecule has 15 atom stereocenters. The number of rotatable bonds is 31. The Bertz CT molecular complexity index is 5360. The van der Waals surface area contributed by atoms with E-state index in [-0.39, 0.29) is 84.6 Å². The number of ether oxygens (including phenoxy) is 7. The number of imidazole rings is 2. The zero-order chi connectivity index (χ0) is 76.6. The summed E-state index contributed by atoms with van der Waals surface area (Å²) in [6.45, 7) is -0.307. The van der Waals surface area contributed by atoms with Gasteiger partial charge in [0.05, 0.1) is 45.7 Å². The van der Waals surface area contributed by atoms with Gasteiger partial charge in [-0.05, 0) is 42.7 Å². The largest absolute Gasteiger partial charge is 0.485 e. The molecule has 4 aliphatic rings. The molecule has 3 unspecified atom stereocenters. The second-order valence-electron chi connectivity index (χ2n) is 25.2. The van der Waals surface area contributed by atoms with Gasteiger partial charge in [0.15, 0.2) is 33.8 Å². The molecule has 578 valence electrons. The summed E-state index contributed by atoms with van der Waals surface area (Å²) < 4.78 is 141. The maximum absolute atomic E-state index is 14.3. The van der Waals surface area contributed by atoms with Crippen LogP contribution in [0.25, 0.3) is 22.3 Å². The number of aromatic nitrogens is 12. The van der Waals surface area contributed by atoms with Crippen LogP contribution in [0.5, 0.6) is 11.5 Å². The second-order valence-corrected chi connectivity index (χ2v) is 30.6. The van der Waals surface area contributed by atoms with Crippen molar-refractivity contribution in [2.45, 2.75) is 133 Å². The molecule has 4 saturated heterocycles. The molecule has 3 aromatic carbocycles. The monoisotopic (exact) mass is 1590 g/mol. The minimum absolute atomic E-state index is 0.00965. The Labute approximate surface area is 605 Å². The minimum Gasteiger partial charge on any atom is -0.485 e. The Kier molecular flexibility index (Phi) is 22.9. The lowest BCUT2D eigenvalue weighted by atomic mass is 10.2. The van der Waals surface area contributed by atoms with E-state index in [1.54, 1.807) is 18.2 Å². The number of benzene rings is 3. The van der Waals surface area contributed by atoms with Crippen molar-refractivity contribution in [3.8, 4) is 11.5 Å². The molecule has 10 heterocycles. The summed E-state index contributed by atoms with van der Waals surface area (Å²) in [6.07, 6.45) is -15.2. The zero-order valence-electron chi connectivity index (χ0n) is 56.6. The first-order chi connectivity index (χ1) is 51.4. The first kappa shape index (κ1) is 77.3. The fraction of sp³-hybridized carbons (Fsp3) is 0.410. The Morgan fingerprint density at radius 3 is 1.25 bits per heavy atom. The van der Waals surface area contributed by atoms with Gasteiger partial charge in [-0.25, -0.2) is 37.8 Å². The minimum atomic E-state index is -5.56. The van der Waals surface area contributed by atoms with Crippen LogP contribution in [0.1, 0.15) is 78.4 Å². The molecular weight excluding hydrogens is 1520 g/mol. The van der Waals surface area contributed by atoms with Gasteiger partial charge >= 0.3 is 42.7 Å². The molecule has 0 bridgehead atoms. The average molecular weight is 1590 g/mol. The third kappa shape index (κ3) is 18.5. The molecule has 0 amide bonds. The Morgan fingerprint density at radius 2 is 0.843 bits per heavy atom. The third-order valence-corrected chi connectivity index (χ3v) is 21.1. The van der Waals surface area contributed by atoms with Gasteiger partial charge in [0, 0.05) is 49.2 Å². The topological polar surface area (TPSA) is 588 Å². The maximum Gasteiger partial charge on any atom is 0.472 e. The van der Waals surface area contributed by atoms with Gasteiger partial charge in [0.2, 0.25) is 11.9 Å². The van der Waals surface area contributed by atoms with Gasteiger partial charge < -0.3 is 69.1 Å². The number of phosphoric ester groups is 4. The predicted octanol–water partition coefficient (Wildman–Crippen LogP) is 2.64. The number of nitrogens with zero attached hydrogens (tertiary/aromatic N) is 8. The molecule has 4 fully saturated rings. The first-order valence-electron chi connectivity index (χ1n) is 32.8. The molecule has 0 saturated carbocycles. The SMILES string of the molecule is Cc1cn([C@H]2C[C@H](OP(=O)(O)OC[C@H]3O[C@@H](n4cc(C)c(=O)[nH]c4=O)C[C@@H]3OP(=O)(O)OC[C@H]3O[C@@H](n4cnc5c(=O)[nH]c(N)nc54)C[C@@H]3OP(=O)(O)OC[C@H]3O[C@@H](n4cnc5c(=O)[nH]c(N)nc54)C[C@@H]3OP(=O)(O)O)[C@@H](COCc3ccc(OCc4ccccc4)c(OCc4ccccc4)c3)O2)c(=O)[nH]c1=O.